The average molecular weight is 407 g/mol. The summed E-state index contributed by atoms with van der Waals surface area (Å²) in [7, 11) is 0. The van der Waals surface area contributed by atoms with E-state index in [1.807, 2.05) is 48.5 Å². The number of carbonyl (C=O) groups is 1. The first-order valence-electron chi connectivity index (χ1n) is 8.84. The number of para-hydroxylation sites is 2. The lowest BCUT2D eigenvalue weighted by Gasteiger charge is -2.09. The molecule has 2 aromatic carbocycles. The lowest BCUT2D eigenvalue weighted by atomic mass is 10.0. The molecule has 7 heteroatoms. The minimum atomic E-state index is 0. The van der Waals surface area contributed by atoms with Crippen LogP contribution in [0.3, 0.4) is 0 Å². The maximum absolute atomic E-state index is 12.1. The van der Waals surface area contributed by atoms with Crippen molar-refractivity contribution in [2.45, 2.75) is 19.3 Å². The fourth-order valence-electron chi connectivity index (χ4n) is 3.32. The first-order valence-corrected chi connectivity index (χ1v) is 8.84. The molecule has 1 aliphatic rings. The SMILES string of the molecule is Cl.Cl.O=C(CCC1CCNC1)Nc1ccc(-c2nc3ccccc3[nH]2)cc1. The smallest absolute Gasteiger partial charge is 0.224 e. The van der Waals surface area contributed by atoms with Crippen LogP contribution in [-0.4, -0.2) is 29.0 Å². The molecular weight excluding hydrogens is 383 g/mol. The van der Waals surface area contributed by atoms with Gasteiger partial charge in [-0.15, -0.1) is 24.8 Å². The number of nitrogens with zero attached hydrogens (tertiary/aromatic N) is 1. The van der Waals surface area contributed by atoms with Gasteiger partial charge in [0.05, 0.1) is 11.0 Å². The lowest BCUT2D eigenvalue weighted by Crippen LogP contribution is -2.14. The quantitative estimate of drug-likeness (QED) is 0.587. The first kappa shape index (κ1) is 21.2. The van der Waals surface area contributed by atoms with Crippen molar-refractivity contribution in [1.29, 1.82) is 0 Å². The van der Waals surface area contributed by atoms with E-state index in [0.29, 0.717) is 12.3 Å². The monoisotopic (exact) mass is 406 g/mol. The van der Waals surface area contributed by atoms with Crippen LogP contribution in [0.25, 0.3) is 22.4 Å². The average Bonchev–Trinajstić information content (AvgIpc) is 3.30. The number of halogens is 2. The van der Waals surface area contributed by atoms with Gasteiger partial charge in [0.25, 0.3) is 0 Å². The molecular formula is C20H24Cl2N4O. The first-order chi connectivity index (χ1) is 12.3. The molecule has 4 rings (SSSR count). The zero-order valence-corrected chi connectivity index (χ0v) is 16.5. The molecule has 0 saturated carbocycles. The van der Waals surface area contributed by atoms with Gasteiger partial charge in [-0.2, -0.15) is 0 Å². The number of benzene rings is 2. The summed E-state index contributed by atoms with van der Waals surface area (Å²) in [5.41, 5.74) is 3.81. The summed E-state index contributed by atoms with van der Waals surface area (Å²) >= 11 is 0. The second-order valence-corrected chi connectivity index (χ2v) is 6.63. The second kappa shape index (κ2) is 9.74. The van der Waals surface area contributed by atoms with Crippen molar-refractivity contribution in [1.82, 2.24) is 15.3 Å². The molecule has 1 saturated heterocycles. The molecule has 0 aliphatic carbocycles. The van der Waals surface area contributed by atoms with Crippen molar-refractivity contribution in [3.63, 3.8) is 0 Å². The van der Waals surface area contributed by atoms with Gasteiger partial charge in [-0.3, -0.25) is 4.79 Å². The maximum Gasteiger partial charge on any atom is 0.224 e. The molecule has 1 aromatic heterocycles. The minimum Gasteiger partial charge on any atom is -0.338 e. The van der Waals surface area contributed by atoms with Crippen LogP contribution in [0.2, 0.25) is 0 Å². The van der Waals surface area contributed by atoms with E-state index < -0.39 is 0 Å². The Morgan fingerprint density at radius 3 is 2.59 bits per heavy atom. The van der Waals surface area contributed by atoms with E-state index in [0.717, 1.165) is 47.6 Å². The Labute approximate surface area is 171 Å². The third kappa shape index (κ3) is 5.22. The minimum absolute atomic E-state index is 0. The molecule has 1 fully saturated rings. The number of imidazole rings is 1. The largest absolute Gasteiger partial charge is 0.338 e. The summed E-state index contributed by atoms with van der Waals surface area (Å²) in [4.78, 5) is 20.0. The standard InChI is InChI=1S/C20H22N4O.2ClH/c25-19(10-5-14-11-12-21-13-14)22-16-8-6-15(7-9-16)20-23-17-3-1-2-4-18(17)24-20;;/h1-4,6-9,14,21H,5,10-13H2,(H,22,25)(H,23,24);2*1H. The van der Waals surface area contributed by atoms with Crippen LogP contribution in [-0.2, 0) is 4.79 Å². The normalized spacial score (nSPS) is 15.8. The van der Waals surface area contributed by atoms with Gasteiger partial charge >= 0.3 is 0 Å². The predicted octanol–water partition coefficient (Wildman–Crippen LogP) is 4.40. The molecule has 1 aliphatic heterocycles. The van der Waals surface area contributed by atoms with Gasteiger partial charge in [0.2, 0.25) is 5.91 Å². The molecule has 0 bridgehead atoms. The highest BCUT2D eigenvalue weighted by Crippen LogP contribution is 2.22. The topological polar surface area (TPSA) is 69.8 Å². The van der Waals surface area contributed by atoms with Crippen LogP contribution in [0, 0.1) is 5.92 Å². The predicted molar refractivity (Wildman–Crippen MR) is 115 cm³/mol. The van der Waals surface area contributed by atoms with Gasteiger partial charge in [0.1, 0.15) is 5.82 Å². The van der Waals surface area contributed by atoms with E-state index in [2.05, 4.69) is 20.6 Å². The van der Waals surface area contributed by atoms with Gasteiger partial charge < -0.3 is 15.6 Å². The number of anilines is 1. The van der Waals surface area contributed by atoms with Crippen LogP contribution in [0.5, 0.6) is 0 Å². The molecule has 3 aromatic rings. The number of rotatable bonds is 5. The van der Waals surface area contributed by atoms with Gasteiger partial charge in [0, 0.05) is 17.7 Å². The zero-order valence-electron chi connectivity index (χ0n) is 14.9. The molecule has 144 valence electrons. The highest BCUT2D eigenvalue weighted by molar-refractivity contribution is 5.91. The van der Waals surface area contributed by atoms with Crippen LogP contribution in [0.1, 0.15) is 19.3 Å². The summed E-state index contributed by atoms with van der Waals surface area (Å²) in [6.45, 7) is 2.12. The summed E-state index contributed by atoms with van der Waals surface area (Å²) in [5, 5.41) is 6.32. The summed E-state index contributed by atoms with van der Waals surface area (Å²) in [6.07, 6.45) is 2.72. The molecule has 1 atom stereocenters. The number of nitrogens with one attached hydrogen (secondary N) is 3. The van der Waals surface area contributed by atoms with Gasteiger partial charge in [-0.25, -0.2) is 4.98 Å². The van der Waals surface area contributed by atoms with Gasteiger partial charge in [0.15, 0.2) is 0 Å². The number of carbonyl (C=O) groups excluding carboxylic acids is 1. The van der Waals surface area contributed by atoms with Crippen LogP contribution in [0.4, 0.5) is 5.69 Å². The Hall–Kier alpha value is -2.08. The molecule has 1 amide bonds. The van der Waals surface area contributed by atoms with Crippen molar-refractivity contribution in [3.05, 3.63) is 48.5 Å². The van der Waals surface area contributed by atoms with E-state index in [1.54, 1.807) is 0 Å². The molecule has 1 unspecified atom stereocenters. The molecule has 3 N–H and O–H groups in total. The highest BCUT2D eigenvalue weighted by atomic mass is 35.5. The van der Waals surface area contributed by atoms with Crippen molar-refractivity contribution in [3.8, 4) is 11.4 Å². The summed E-state index contributed by atoms with van der Waals surface area (Å²) < 4.78 is 0. The molecule has 2 heterocycles. The number of hydrogen-bond donors (Lipinski definition) is 3. The fourth-order valence-corrected chi connectivity index (χ4v) is 3.32. The van der Waals surface area contributed by atoms with E-state index in [-0.39, 0.29) is 30.7 Å². The zero-order chi connectivity index (χ0) is 17.1. The van der Waals surface area contributed by atoms with Crippen molar-refractivity contribution < 1.29 is 4.79 Å². The van der Waals surface area contributed by atoms with Crippen molar-refractivity contribution >= 4 is 47.4 Å². The van der Waals surface area contributed by atoms with Crippen LogP contribution in [0.15, 0.2) is 48.5 Å². The number of fused-ring (bicyclic) bond motifs is 1. The van der Waals surface area contributed by atoms with Gasteiger partial charge in [-0.05, 0) is 68.2 Å². The van der Waals surface area contributed by atoms with E-state index in [1.165, 1.54) is 6.42 Å². The third-order valence-corrected chi connectivity index (χ3v) is 4.77. The number of amides is 1. The van der Waals surface area contributed by atoms with Crippen LogP contribution >= 0.6 is 24.8 Å². The van der Waals surface area contributed by atoms with Crippen molar-refractivity contribution in [2.75, 3.05) is 18.4 Å². The highest BCUT2D eigenvalue weighted by Gasteiger charge is 2.15. The van der Waals surface area contributed by atoms with E-state index in [4.69, 9.17) is 0 Å². The summed E-state index contributed by atoms with van der Waals surface area (Å²) in [5.74, 6) is 1.57. The number of aromatic nitrogens is 2. The summed E-state index contributed by atoms with van der Waals surface area (Å²) in [6, 6.07) is 15.8. The Bertz CT molecular complexity index is 840. The Kier molecular flexibility index (Phi) is 7.66. The lowest BCUT2D eigenvalue weighted by molar-refractivity contribution is -0.116. The Balaban J connectivity index is 0.00000131. The van der Waals surface area contributed by atoms with E-state index >= 15 is 0 Å². The van der Waals surface area contributed by atoms with Crippen LogP contribution < -0.4 is 10.6 Å². The molecule has 0 radical (unpaired) electrons. The van der Waals surface area contributed by atoms with Gasteiger partial charge in [-0.1, -0.05) is 12.1 Å². The Morgan fingerprint density at radius 1 is 1.11 bits per heavy atom. The molecule has 5 nitrogen and oxygen atoms in total. The number of hydrogen-bond acceptors (Lipinski definition) is 3. The number of H-pyrrole nitrogens is 1. The Morgan fingerprint density at radius 2 is 1.89 bits per heavy atom. The van der Waals surface area contributed by atoms with E-state index in [9.17, 15) is 4.79 Å². The maximum atomic E-state index is 12.1. The number of aromatic amines is 1. The third-order valence-electron chi connectivity index (χ3n) is 4.77. The molecule has 27 heavy (non-hydrogen) atoms. The fraction of sp³-hybridized carbons (Fsp3) is 0.300. The van der Waals surface area contributed by atoms with Crippen molar-refractivity contribution in [2.24, 2.45) is 5.92 Å². The second-order valence-electron chi connectivity index (χ2n) is 6.63. The molecule has 0 spiro atoms.